The summed E-state index contributed by atoms with van der Waals surface area (Å²) in [5.41, 5.74) is 12.3. The summed E-state index contributed by atoms with van der Waals surface area (Å²) in [4.78, 5) is 0. The largest absolute Gasteiger partial charge is 0.359 e. The van der Waals surface area contributed by atoms with Crippen LogP contribution >= 0.6 is 0 Å². The van der Waals surface area contributed by atoms with Crippen LogP contribution in [0.2, 0.25) is 0 Å². The van der Waals surface area contributed by atoms with E-state index in [9.17, 15) is 0 Å². The molecule has 0 unspecified atom stereocenters. The Hall–Kier alpha value is 2.79. The molecule has 68 heavy (non-hydrogen) atoms. The first-order valence-electron chi connectivity index (χ1n) is 19.0. The van der Waals surface area contributed by atoms with Crippen LogP contribution < -0.4 is 0 Å². The molecule has 0 nitrogen and oxygen atoms in total. The van der Waals surface area contributed by atoms with Gasteiger partial charge in [0.1, 0.15) is 0 Å². The van der Waals surface area contributed by atoms with E-state index in [1.165, 1.54) is 50.1 Å². The molecule has 0 N–H and O–H groups in total. The predicted octanol–water partition coefficient (Wildman–Crippen LogP) is 13.5. The van der Waals surface area contributed by atoms with Gasteiger partial charge in [0.15, 0.2) is 0 Å². The zero-order valence-electron chi connectivity index (χ0n) is 43.8. The molecule has 15 heteroatoms. The van der Waals surface area contributed by atoms with Gasteiger partial charge in [-0.25, -0.2) is 0 Å². The van der Waals surface area contributed by atoms with E-state index in [4.69, 9.17) is 0 Å². The van der Waals surface area contributed by atoms with Crippen LogP contribution in [0, 0.1) is 99.6 Å². The molecule has 368 valence electrons. The summed E-state index contributed by atoms with van der Waals surface area (Å²) in [6, 6.07) is 47.4. The monoisotopic (exact) mass is 1940 g/mol. The van der Waals surface area contributed by atoms with Gasteiger partial charge in [0, 0.05) is 240 Å². The maximum absolute atomic E-state index is 3.25. The number of benzene rings is 5. The molecule has 0 bridgehead atoms. The molecule has 0 heterocycles. The quantitative estimate of drug-likeness (QED) is 0.124. The molecular weight excluding hydrogens is 1860 g/mol. The van der Waals surface area contributed by atoms with Crippen LogP contribution in [-0.4, -0.2) is 42.1 Å². The first-order valence-corrected chi connectivity index (χ1v) is 19.0. The fourth-order valence-corrected chi connectivity index (χ4v) is 4.07. The van der Waals surface area contributed by atoms with Crippen molar-refractivity contribution in [1.82, 2.24) is 0 Å². The SMILES string of the molecule is CCc1cc(C)cc(CC)c1.CCc1cc(C)cc(CC)c1.Cc1c[c-]c[c-]c1.Cc1c[c-]c[c-]c1.Cc1c[c-]ccc1.[B].[B].[B].[B].[B].[CH2-]C.[CH2-]C.[CH2-]C.[CH2-]C.[CH2-]C.[V].[V].[V].[V].[V].[W].[W].[W].[W].[W]. The van der Waals surface area contributed by atoms with Crippen molar-refractivity contribution >= 4 is 42.1 Å². The van der Waals surface area contributed by atoms with E-state index < -0.39 is 0 Å². The fourth-order valence-electron chi connectivity index (χ4n) is 4.07. The third-order valence-electron chi connectivity index (χ3n) is 6.47. The van der Waals surface area contributed by atoms with Gasteiger partial charge in [0.2, 0.25) is 0 Å². The van der Waals surface area contributed by atoms with Crippen LogP contribution in [0.15, 0.2) is 97.1 Å². The smallest absolute Gasteiger partial charge is 0 e. The van der Waals surface area contributed by atoms with Crippen molar-refractivity contribution < 1.29 is 198 Å². The second-order valence-corrected chi connectivity index (χ2v) is 10.7. The summed E-state index contributed by atoms with van der Waals surface area (Å²) < 4.78 is 0. The topological polar surface area (TPSA) is 0 Å². The van der Waals surface area contributed by atoms with Crippen LogP contribution in [0.1, 0.15) is 112 Å². The minimum absolute atomic E-state index is 0. The Bertz CT molecular complexity index is 1250. The van der Waals surface area contributed by atoms with Crippen LogP contribution in [0.4, 0.5) is 0 Å². The van der Waals surface area contributed by atoms with Crippen molar-refractivity contribution in [3.05, 3.63) is 212 Å². The van der Waals surface area contributed by atoms with Crippen molar-refractivity contribution in [3.8, 4) is 0 Å². The van der Waals surface area contributed by atoms with Gasteiger partial charge in [-0.15, -0.1) is 13.8 Å². The summed E-state index contributed by atoms with van der Waals surface area (Å²) in [7, 11) is 0. The van der Waals surface area contributed by atoms with Crippen molar-refractivity contribution in [3.63, 3.8) is 0 Å². The molecule has 5 rings (SSSR count). The Labute approximate surface area is 567 Å². The van der Waals surface area contributed by atoms with Crippen LogP contribution in [0.25, 0.3) is 0 Å². The van der Waals surface area contributed by atoms with Crippen molar-refractivity contribution in [2.24, 2.45) is 0 Å². The molecule has 0 aliphatic rings. The number of hydrogen-bond acceptors (Lipinski definition) is 0. The molecule has 0 aliphatic carbocycles. The summed E-state index contributed by atoms with van der Waals surface area (Å²) in [6.45, 7) is 44.2. The minimum Gasteiger partial charge on any atom is -0.359 e. The molecular formula is C53H76B5V5W5-10. The number of hydrogen-bond donors (Lipinski definition) is 0. The zero-order valence-corrected chi connectivity index (χ0v) is 65.4. The van der Waals surface area contributed by atoms with Crippen molar-refractivity contribution in [1.29, 1.82) is 0 Å². The molecule has 0 atom stereocenters. The number of aryl methyl sites for hydroxylation is 9. The Balaban J connectivity index is -0.0000000215. The molecule has 0 saturated heterocycles. The molecule has 0 spiro atoms. The van der Waals surface area contributed by atoms with Gasteiger partial charge in [-0.05, 0) is 61.8 Å². The molecule has 0 amide bonds. The predicted molar refractivity (Wildman–Crippen MR) is 272 cm³/mol. The van der Waals surface area contributed by atoms with Gasteiger partial charge >= 0.3 is 0 Å². The van der Waals surface area contributed by atoms with E-state index in [-0.39, 0.29) is 240 Å². The summed E-state index contributed by atoms with van der Waals surface area (Å²) in [5, 5.41) is 0. The van der Waals surface area contributed by atoms with Crippen molar-refractivity contribution in [2.75, 3.05) is 0 Å². The van der Waals surface area contributed by atoms with Gasteiger partial charge in [0.25, 0.3) is 0 Å². The van der Waals surface area contributed by atoms with Gasteiger partial charge in [-0.3, -0.25) is 35.4 Å². The average molecular weight is 1940 g/mol. The van der Waals surface area contributed by atoms with E-state index in [1.54, 1.807) is 46.8 Å². The molecule has 20 radical (unpaired) electrons. The normalized spacial score (nSPS) is 6.40. The molecule has 0 aromatic heterocycles. The van der Waals surface area contributed by atoms with E-state index in [1.807, 2.05) is 56.3 Å². The van der Waals surface area contributed by atoms with Crippen LogP contribution in [-0.2, 0) is 224 Å². The van der Waals surface area contributed by atoms with Crippen molar-refractivity contribution in [2.45, 2.75) is 123 Å². The Kier molecular flexibility index (Phi) is 216. The van der Waals surface area contributed by atoms with Gasteiger partial charge in [-0.2, -0.15) is 70.5 Å². The van der Waals surface area contributed by atoms with Gasteiger partial charge in [0.05, 0.1) is 0 Å². The summed E-state index contributed by atoms with van der Waals surface area (Å²) in [6.07, 6.45) is 4.59. The fraction of sp³-hybridized carbons (Fsp3) is 0.340. The third kappa shape index (κ3) is 91.5. The molecule has 0 aliphatic heterocycles. The van der Waals surface area contributed by atoms with Gasteiger partial charge in [-0.1, -0.05) is 82.1 Å². The van der Waals surface area contributed by atoms with Gasteiger partial charge < -0.3 is 71.0 Å². The summed E-state index contributed by atoms with van der Waals surface area (Å²) >= 11 is 0. The Morgan fingerprint density at radius 1 is 0.324 bits per heavy atom. The Morgan fingerprint density at radius 2 is 0.529 bits per heavy atom. The van der Waals surface area contributed by atoms with E-state index in [0.717, 1.165) is 25.7 Å². The van der Waals surface area contributed by atoms with Crippen LogP contribution in [0.3, 0.4) is 0 Å². The molecule has 0 saturated carbocycles. The first kappa shape index (κ1) is 134. The zero-order chi connectivity index (χ0) is 41.9. The average Bonchev–Trinajstić information content (AvgIpc) is 3.23. The minimum atomic E-state index is 0. The van der Waals surface area contributed by atoms with E-state index in [0.29, 0.717) is 0 Å². The van der Waals surface area contributed by atoms with E-state index >= 15 is 0 Å². The molecule has 5 aromatic carbocycles. The standard InChI is InChI=1S/2C11H16.C7H7.2C7H6.5C2H5.5B.5V.5W/c2*1-4-10-6-9(3)7-11(5-2)8-10;3*1-7-5-3-2-4-6-7;5*1-2;;;;;;;;;;;;;;;/h2*6-8H,4-5H2,1-3H3;2-3,5-6H,1H3;2*2,5-6H,1H3;5*1H2,2H3;;;;;;;;;;;;;;;/q;;-1;2*-2;5*-1;;;;;;;;;;;;;;;. The van der Waals surface area contributed by atoms with E-state index in [2.05, 4.69) is 156 Å². The van der Waals surface area contributed by atoms with Crippen LogP contribution in [0.5, 0.6) is 0 Å². The summed E-state index contributed by atoms with van der Waals surface area (Å²) in [5.74, 6) is 0. The number of rotatable bonds is 4. The molecule has 0 fully saturated rings. The third-order valence-corrected chi connectivity index (χ3v) is 6.47. The Morgan fingerprint density at radius 3 is 0.647 bits per heavy atom. The molecule has 5 aromatic rings. The maximum Gasteiger partial charge on any atom is 0 e. The second-order valence-electron chi connectivity index (χ2n) is 10.7. The maximum atomic E-state index is 3.25. The first-order chi connectivity index (χ1) is 25.7. The second kappa shape index (κ2) is 110.